The maximum atomic E-state index is 12.3. The molecule has 0 aliphatic carbocycles. The standard InChI is InChI=1S/C17H14O6/c1-10(17(19)20-2)22-12-5-6-13-14(9-12)23-15(16(13)18)8-11-4-3-7-21-11/h3-10H,1-2H3/t10-/m1/s1. The van der Waals surface area contributed by atoms with Crippen LogP contribution in [0.4, 0.5) is 0 Å². The fourth-order valence-electron chi connectivity index (χ4n) is 2.16. The smallest absolute Gasteiger partial charge is 0.346 e. The summed E-state index contributed by atoms with van der Waals surface area (Å²) in [6.07, 6.45) is 2.28. The SMILES string of the molecule is COC(=O)[C@@H](C)Oc1ccc2c(c1)OC(=Cc1ccco1)C2=O. The molecule has 0 saturated heterocycles. The van der Waals surface area contributed by atoms with Gasteiger partial charge in [-0.05, 0) is 31.2 Å². The first-order valence-corrected chi connectivity index (χ1v) is 6.95. The number of furan rings is 1. The van der Waals surface area contributed by atoms with E-state index in [0.717, 1.165) is 0 Å². The van der Waals surface area contributed by atoms with Crippen molar-refractivity contribution >= 4 is 17.8 Å². The molecule has 1 aromatic heterocycles. The molecule has 0 spiro atoms. The van der Waals surface area contributed by atoms with Crippen LogP contribution in [0.5, 0.6) is 11.5 Å². The van der Waals surface area contributed by atoms with Crippen LogP contribution in [0.2, 0.25) is 0 Å². The molecule has 118 valence electrons. The number of benzene rings is 1. The third-order valence-electron chi connectivity index (χ3n) is 3.30. The largest absolute Gasteiger partial charge is 0.479 e. The van der Waals surface area contributed by atoms with Crippen LogP contribution in [0, 0.1) is 0 Å². The predicted octanol–water partition coefficient (Wildman–Crippen LogP) is 2.84. The van der Waals surface area contributed by atoms with Crippen molar-refractivity contribution in [1.82, 2.24) is 0 Å². The average molecular weight is 314 g/mol. The summed E-state index contributed by atoms with van der Waals surface area (Å²) in [5.74, 6) is 0.769. The van der Waals surface area contributed by atoms with E-state index in [-0.39, 0.29) is 11.5 Å². The zero-order valence-electron chi connectivity index (χ0n) is 12.6. The lowest BCUT2D eigenvalue weighted by Gasteiger charge is -2.12. The van der Waals surface area contributed by atoms with Gasteiger partial charge in [-0.15, -0.1) is 0 Å². The second-order valence-corrected chi connectivity index (χ2v) is 4.90. The van der Waals surface area contributed by atoms with Crippen molar-refractivity contribution < 1.29 is 28.2 Å². The zero-order chi connectivity index (χ0) is 16.4. The number of hydrogen-bond donors (Lipinski definition) is 0. The third-order valence-corrected chi connectivity index (χ3v) is 3.30. The Balaban J connectivity index is 1.81. The van der Waals surface area contributed by atoms with Gasteiger partial charge >= 0.3 is 5.97 Å². The van der Waals surface area contributed by atoms with Gasteiger partial charge < -0.3 is 18.6 Å². The molecule has 6 heteroatoms. The molecule has 1 aliphatic rings. The minimum absolute atomic E-state index is 0.174. The van der Waals surface area contributed by atoms with E-state index >= 15 is 0 Å². The van der Waals surface area contributed by atoms with Gasteiger partial charge in [0.1, 0.15) is 17.3 Å². The highest BCUT2D eigenvalue weighted by Crippen LogP contribution is 2.35. The molecule has 0 amide bonds. The van der Waals surface area contributed by atoms with Crippen molar-refractivity contribution in [3.05, 3.63) is 53.7 Å². The lowest BCUT2D eigenvalue weighted by atomic mass is 10.1. The molecule has 0 radical (unpaired) electrons. The van der Waals surface area contributed by atoms with Crippen LogP contribution < -0.4 is 9.47 Å². The first kappa shape index (κ1) is 14.9. The third kappa shape index (κ3) is 2.96. The lowest BCUT2D eigenvalue weighted by Crippen LogP contribution is -2.24. The van der Waals surface area contributed by atoms with Crippen molar-refractivity contribution in [2.24, 2.45) is 0 Å². The van der Waals surface area contributed by atoms with E-state index in [1.165, 1.54) is 19.4 Å². The van der Waals surface area contributed by atoms with Crippen LogP contribution in [0.15, 0.2) is 46.8 Å². The molecule has 6 nitrogen and oxygen atoms in total. The normalized spacial score (nSPS) is 15.9. The molecule has 2 aromatic rings. The van der Waals surface area contributed by atoms with Crippen LogP contribution in [0.25, 0.3) is 6.08 Å². The summed E-state index contributed by atoms with van der Waals surface area (Å²) in [6.45, 7) is 1.58. The maximum Gasteiger partial charge on any atom is 0.346 e. The molecule has 1 aromatic carbocycles. The Morgan fingerprint density at radius 3 is 2.83 bits per heavy atom. The Morgan fingerprint density at radius 1 is 1.30 bits per heavy atom. The molecular weight excluding hydrogens is 300 g/mol. The number of ether oxygens (including phenoxy) is 3. The van der Waals surface area contributed by atoms with Crippen LogP contribution in [0.1, 0.15) is 23.0 Å². The van der Waals surface area contributed by atoms with Crippen LogP contribution in [-0.4, -0.2) is 25.0 Å². The summed E-state index contributed by atoms with van der Waals surface area (Å²) in [6, 6.07) is 8.21. The van der Waals surface area contributed by atoms with Gasteiger partial charge in [0.2, 0.25) is 5.78 Å². The van der Waals surface area contributed by atoms with Gasteiger partial charge in [-0.3, -0.25) is 4.79 Å². The zero-order valence-corrected chi connectivity index (χ0v) is 12.6. The number of carbonyl (C=O) groups excluding carboxylic acids is 2. The van der Waals surface area contributed by atoms with E-state index < -0.39 is 12.1 Å². The maximum absolute atomic E-state index is 12.3. The van der Waals surface area contributed by atoms with E-state index in [1.54, 1.807) is 37.3 Å². The van der Waals surface area contributed by atoms with Gasteiger partial charge in [-0.2, -0.15) is 0 Å². The fraction of sp³-hybridized carbons (Fsp3) is 0.176. The van der Waals surface area contributed by atoms with E-state index in [2.05, 4.69) is 4.74 Å². The lowest BCUT2D eigenvalue weighted by molar-refractivity contribution is -0.147. The van der Waals surface area contributed by atoms with E-state index in [0.29, 0.717) is 22.8 Å². The van der Waals surface area contributed by atoms with Crippen molar-refractivity contribution in [3.8, 4) is 11.5 Å². The summed E-state index contributed by atoms with van der Waals surface area (Å²) in [5, 5.41) is 0. The van der Waals surface area contributed by atoms with Gasteiger partial charge in [-0.1, -0.05) is 0 Å². The number of Topliss-reactive ketones (excluding diaryl/α,β-unsaturated/α-hetero) is 1. The molecule has 23 heavy (non-hydrogen) atoms. The van der Waals surface area contributed by atoms with Crippen LogP contribution in [-0.2, 0) is 9.53 Å². The van der Waals surface area contributed by atoms with Crippen molar-refractivity contribution in [2.75, 3.05) is 7.11 Å². The molecule has 0 unspecified atom stereocenters. The molecule has 0 saturated carbocycles. The summed E-state index contributed by atoms with van der Waals surface area (Å²) >= 11 is 0. The second-order valence-electron chi connectivity index (χ2n) is 4.90. The highest BCUT2D eigenvalue weighted by molar-refractivity contribution is 6.14. The van der Waals surface area contributed by atoms with Crippen LogP contribution in [0.3, 0.4) is 0 Å². The number of allylic oxidation sites excluding steroid dienone is 1. The van der Waals surface area contributed by atoms with Crippen LogP contribution >= 0.6 is 0 Å². The van der Waals surface area contributed by atoms with Crippen molar-refractivity contribution in [2.45, 2.75) is 13.0 Å². The summed E-state index contributed by atoms with van der Waals surface area (Å²) in [4.78, 5) is 23.6. The number of methoxy groups -OCH3 is 1. The van der Waals surface area contributed by atoms with Gasteiger partial charge in [0.25, 0.3) is 0 Å². The van der Waals surface area contributed by atoms with Gasteiger partial charge in [-0.25, -0.2) is 4.79 Å². The number of ketones is 1. The number of esters is 1. The molecular formula is C17H14O6. The number of fused-ring (bicyclic) bond motifs is 1. The minimum Gasteiger partial charge on any atom is -0.479 e. The van der Waals surface area contributed by atoms with Crippen molar-refractivity contribution in [1.29, 1.82) is 0 Å². The second kappa shape index (κ2) is 6.00. The molecule has 2 heterocycles. The Bertz CT molecular complexity index is 772. The Kier molecular flexibility index (Phi) is 3.89. The number of rotatable bonds is 4. The first-order valence-electron chi connectivity index (χ1n) is 6.95. The van der Waals surface area contributed by atoms with E-state index in [9.17, 15) is 9.59 Å². The molecule has 3 rings (SSSR count). The minimum atomic E-state index is -0.756. The Labute approximate surface area is 132 Å². The molecule has 0 fully saturated rings. The van der Waals surface area contributed by atoms with Crippen molar-refractivity contribution in [3.63, 3.8) is 0 Å². The Morgan fingerprint density at radius 2 is 2.13 bits per heavy atom. The topological polar surface area (TPSA) is 75.0 Å². The molecule has 0 N–H and O–H groups in total. The summed E-state index contributed by atoms with van der Waals surface area (Å²) in [7, 11) is 1.29. The highest BCUT2D eigenvalue weighted by Gasteiger charge is 2.28. The molecule has 0 bridgehead atoms. The first-order chi connectivity index (χ1) is 11.1. The number of carbonyl (C=O) groups is 2. The highest BCUT2D eigenvalue weighted by atomic mass is 16.6. The van der Waals surface area contributed by atoms with Gasteiger partial charge in [0, 0.05) is 12.1 Å². The predicted molar refractivity (Wildman–Crippen MR) is 80.2 cm³/mol. The van der Waals surface area contributed by atoms with E-state index in [4.69, 9.17) is 13.9 Å². The molecule has 1 aliphatic heterocycles. The fourth-order valence-corrected chi connectivity index (χ4v) is 2.16. The quantitative estimate of drug-likeness (QED) is 0.638. The number of hydrogen-bond acceptors (Lipinski definition) is 6. The molecule has 1 atom stereocenters. The van der Waals surface area contributed by atoms with Gasteiger partial charge in [0.05, 0.1) is 18.9 Å². The summed E-state index contributed by atoms with van der Waals surface area (Å²) in [5.41, 5.74) is 0.431. The summed E-state index contributed by atoms with van der Waals surface area (Å²) < 4.78 is 20.8. The Hall–Kier alpha value is -3.02. The average Bonchev–Trinajstić information content (AvgIpc) is 3.15. The van der Waals surface area contributed by atoms with E-state index in [1.807, 2.05) is 0 Å². The monoisotopic (exact) mass is 314 g/mol. The van der Waals surface area contributed by atoms with Gasteiger partial charge in [0.15, 0.2) is 11.9 Å².